The molecule has 0 aliphatic heterocycles. The maximum Gasteiger partial charge on any atom is 0.0181 e. The van der Waals surface area contributed by atoms with Crippen molar-refractivity contribution in [1.82, 2.24) is 0 Å². The van der Waals surface area contributed by atoms with Gasteiger partial charge < -0.3 is 0 Å². The summed E-state index contributed by atoms with van der Waals surface area (Å²) in [5.41, 5.74) is 1.16. The zero-order valence-electron chi connectivity index (χ0n) is 7.13. The summed E-state index contributed by atoms with van der Waals surface area (Å²) in [6, 6.07) is 12.6. The Kier molecular flexibility index (Phi) is 2.19. The average molecular weight is 233 g/mol. The fourth-order valence-corrected chi connectivity index (χ4v) is 1.74. The molecule has 2 aromatic rings. The molecular formula is C12H9Br. The molecule has 0 aliphatic rings. The van der Waals surface area contributed by atoms with E-state index in [0.717, 1.165) is 10.0 Å². The topological polar surface area (TPSA) is 0 Å². The van der Waals surface area contributed by atoms with Crippen LogP contribution < -0.4 is 0 Å². The molecule has 0 bridgehead atoms. The zero-order valence-corrected chi connectivity index (χ0v) is 8.71. The van der Waals surface area contributed by atoms with Crippen molar-refractivity contribution in [3.05, 3.63) is 53.0 Å². The van der Waals surface area contributed by atoms with Gasteiger partial charge >= 0.3 is 0 Å². The van der Waals surface area contributed by atoms with E-state index in [0.29, 0.717) is 0 Å². The highest BCUT2D eigenvalue weighted by molar-refractivity contribution is 9.10. The summed E-state index contributed by atoms with van der Waals surface area (Å²) in [5, 5.41) is 2.50. The summed E-state index contributed by atoms with van der Waals surface area (Å²) in [6.45, 7) is 3.75. The third kappa shape index (κ3) is 1.65. The lowest BCUT2D eigenvalue weighted by molar-refractivity contribution is 1.68. The average Bonchev–Trinajstić information content (AvgIpc) is 2.16. The second-order valence-corrected chi connectivity index (χ2v) is 3.87. The quantitative estimate of drug-likeness (QED) is 0.690. The Morgan fingerprint density at radius 3 is 2.54 bits per heavy atom. The highest BCUT2D eigenvalue weighted by Gasteiger charge is 1.94. The Hall–Kier alpha value is -1.08. The van der Waals surface area contributed by atoms with Gasteiger partial charge in [-0.25, -0.2) is 0 Å². The van der Waals surface area contributed by atoms with Gasteiger partial charge in [-0.15, -0.1) is 0 Å². The number of benzene rings is 2. The Morgan fingerprint density at radius 1 is 1.00 bits per heavy atom. The first kappa shape index (κ1) is 8.52. The van der Waals surface area contributed by atoms with Crippen LogP contribution in [0.5, 0.6) is 0 Å². The van der Waals surface area contributed by atoms with E-state index in [1.165, 1.54) is 10.8 Å². The second kappa shape index (κ2) is 3.35. The molecule has 0 spiro atoms. The second-order valence-electron chi connectivity index (χ2n) is 2.96. The van der Waals surface area contributed by atoms with E-state index >= 15 is 0 Å². The van der Waals surface area contributed by atoms with Crippen LogP contribution in [0.4, 0.5) is 0 Å². The van der Waals surface area contributed by atoms with E-state index in [4.69, 9.17) is 0 Å². The van der Waals surface area contributed by atoms with E-state index in [-0.39, 0.29) is 0 Å². The van der Waals surface area contributed by atoms with Gasteiger partial charge in [0.05, 0.1) is 0 Å². The van der Waals surface area contributed by atoms with Crippen LogP contribution in [-0.2, 0) is 0 Å². The van der Waals surface area contributed by atoms with Gasteiger partial charge in [0.2, 0.25) is 0 Å². The minimum absolute atomic E-state index is 1.11. The maximum atomic E-state index is 3.75. The van der Waals surface area contributed by atoms with Gasteiger partial charge in [0.1, 0.15) is 0 Å². The molecule has 2 aromatic carbocycles. The highest BCUT2D eigenvalue weighted by atomic mass is 79.9. The van der Waals surface area contributed by atoms with Crippen molar-refractivity contribution in [3.63, 3.8) is 0 Å². The van der Waals surface area contributed by atoms with E-state index < -0.39 is 0 Å². The first-order valence-corrected chi connectivity index (χ1v) is 4.90. The van der Waals surface area contributed by atoms with Crippen molar-refractivity contribution in [2.45, 2.75) is 0 Å². The number of rotatable bonds is 1. The minimum atomic E-state index is 1.11. The molecule has 2 rings (SSSR count). The van der Waals surface area contributed by atoms with Crippen molar-refractivity contribution in [3.8, 4) is 0 Å². The van der Waals surface area contributed by atoms with Gasteiger partial charge in [-0.2, -0.15) is 0 Å². The lowest BCUT2D eigenvalue weighted by atomic mass is 10.1. The fraction of sp³-hybridized carbons (Fsp3) is 0. The summed E-state index contributed by atoms with van der Waals surface area (Å²) in [4.78, 5) is 0. The van der Waals surface area contributed by atoms with E-state index in [9.17, 15) is 0 Å². The van der Waals surface area contributed by atoms with Gasteiger partial charge in [0.25, 0.3) is 0 Å². The molecule has 0 N–H and O–H groups in total. The van der Waals surface area contributed by atoms with Crippen LogP contribution in [0.25, 0.3) is 16.8 Å². The molecular weight excluding hydrogens is 224 g/mol. The monoisotopic (exact) mass is 232 g/mol. The smallest absolute Gasteiger partial charge is 0.0181 e. The normalized spacial score (nSPS) is 10.2. The van der Waals surface area contributed by atoms with Gasteiger partial charge in [-0.05, 0) is 34.5 Å². The molecule has 0 atom stereocenters. The first-order valence-electron chi connectivity index (χ1n) is 4.11. The predicted octanol–water partition coefficient (Wildman–Crippen LogP) is 4.25. The number of hydrogen-bond acceptors (Lipinski definition) is 0. The van der Waals surface area contributed by atoms with Crippen molar-refractivity contribution < 1.29 is 0 Å². The van der Waals surface area contributed by atoms with E-state index in [1.807, 2.05) is 6.08 Å². The molecule has 0 heterocycles. The molecule has 0 fully saturated rings. The first-order chi connectivity index (χ1) is 6.29. The molecule has 0 unspecified atom stereocenters. The lowest BCUT2D eigenvalue weighted by Gasteiger charge is -1.99. The van der Waals surface area contributed by atoms with Gasteiger partial charge in [0, 0.05) is 4.47 Å². The molecule has 0 saturated carbocycles. The van der Waals surface area contributed by atoms with Crippen molar-refractivity contribution >= 4 is 32.8 Å². The zero-order chi connectivity index (χ0) is 9.26. The number of fused-ring (bicyclic) bond motifs is 1. The third-order valence-electron chi connectivity index (χ3n) is 2.06. The highest BCUT2D eigenvalue weighted by Crippen LogP contribution is 2.21. The van der Waals surface area contributed by atoms with Crippen LogP contribution in [0.15, 0.2) is 47.4 Å². The molecule has 0 saturated heterocycles. The molecule has 64 valence electrons. The minimum Gasteiger partial charge on any atom is -0.0985 e. The van der Waals surface area contributed by atoms with Crippen LogP contribution >= 0.6 is 15.9 Å². The van der Waals surface area contributed by atoms with Crippen molar-refractivity contribution in [1.29, 1.82) is 0 Å². The van der Waals surface area contributed by atoms with Crippen LogP contribution in [0.2, 0.25) is 0 Å². The fourth-order valence-electron chi connectivity index (χ4n) is 1.36. The summed E-state index contributed by atoms with van der Waals surface area (Å²) in [6.07, 6.45) is 1.86. The lowest BCUT2D eigenvalue weighted by Crippen LogP contribution is -1.75. The SMILES string of the molecule is C=Cc1ccc2ccc(Br)cc2c1. The van der Waals surface area contributed by atoms with Gasteiger partial charge in [-0.3, -0.25) is 0 Å². The summed E-state index contributed by atoms with van der Waals surface area (Å²) < 4.78 is 1.11. The Bertz CT molecular complexity index is 458. The molecule has 0 radical (unpaired) electrons. The number of hydrogen-bond donors (Lipinski definition) is 0. The van der Waals surface area contributed by atoms with Crippen LogP contribution in [0.3, 0.4) is 0 Å². The molecule has 0 amide bonds. The third-order valence-corrected chi connectivity index (χ3v) is 2.56. The Balaban J connectivity index is 2.74. The molecule has 0 nitrogen and oxygen atoms in total. The van der Waals surface area contributed by atoms with E-state index in [1.54, 1.807) is 0 Å². The Morgan fingerprint density at radius 2 is 1.77 bits per heavy atom. The van der Waals surface area contributed by atoms with Gasteiger partial charge in [-0.1, -0.05) is 46.8 Å². The molecule has 0 aromatic heterocycles. The van der Waals surface area contributed by atoms with Crippen molar-refractivity contribution in [2.24, 2.45) is 0 Å². The molecule has 0 aliphatic carbocycles. The number of halogens is 1. The largest absolute Gasteiger partial charge is 0.0985 e. The summed E-state index contributed by atoms with van der Waals surface area (Å²) in [5.74, 6) is 0. The summed E-state index contributed by atoms with van der Waals surface area (Å²) >= 11 is 3.45. The van der Waals surface area contributed by atoms with Crippen molar-refractivity contribution in [2.75, 3.05) is 0 Å². The van der Waals surface area contributed by atoms with Gasteiger partial charge in [0.15, 0.2) is 0 Å². The molecule has 1 heteroatoms. The standard InChI is InChI=1S/C12H9Br/c1-2-9-3-4-10-5-6-12(13)8-11(10)7-9/h2-8H,1H2. The predicted molar refractivity (Wildman–Crippen MR) is 61.7 cm³/mol. The molecule has 13 heavy (non-hydrogen) atoms. The summed E-state index contributed by atoms with van der Waals surface area (Å²) in [7, 11) is 0. The maximum absolute atomic E-state index is 3.75. The Labute approximate surface area is 86.0 Å². The van der Waals surface area contributed by atoms with Crippen LogP contribution in [0, 0.1) is 0 Å². The van der Waals surface area contributed by atoms with E-state index in [2.05, 4.69) is 58.9 Å². The van der Waals surface area contributed by atoms with Crippen LogP contribution in [0.1, 0.15) is 5.56 Å². The van der Waals surface area contributed by atoms with Crippen LogP contribution in [-0.4, -0.2) is 0 Å².